The van der Waals surface area contributed by atoms with Crippen LogP contribution in [0.3, 0.4) is 0 Å². The van der Waals surface area contributed by atoms with Gasteiger partial charge in [-0.3, -0.25) is 0 Å². The number of benzene rings is 4. The molecule has 3 heteroatoms. The normalized spacial score (nSPS) is 11.3. The third-order valence-corrected chi connectivity index (χ3v) is 8.95. The van der Waals surface area contributed by atoms with E-state index < -0.39 is 0 Å². The molecule has 45 heavy (non-hydrogen) atoms. The van der Waals surface area contributed by atoms with Crippen molar-refractivity contribution < 1.29 is 49.0 Å². The first-order valence-corrected chi connectivity index (χ1v) is 16.7. The minimum Gasteiger partial charge on any atom is -0.214 e. The fourth-order valence-electron chi connectivity index (χ4n) is 5.18. The van der Waals surface area contributed by atoms with Crippen LogP contribution in [0.4, 0.5) is 0 Å². The molecular weight excluding hydrogens is 667 g/mol. The molecule has 1 aliphatic carbocycles. The molecule has 0 aliphatic heterocycles. The molecule has 5 aromatic carbocycles. The smallest absolute Gasteiger partial charge is 0.172 e. The zero-order valence-corrected chi connectivity index (χ0v) is 31.6. The van der Waals surface area contributed by atoms with Crippen molar-refractivity contribution in [1.29, 1.82) is 0 Å². The SMILES string of the molecule is CC(C)(C)c1c[c-]c2c(c1)-c1cc(C(C)(C)C)ccc1C2.[Cl-].[Cl-].[Zr+2]=[C](CCc1ccccc1)Cc1ccccc1.c1cc[cH-]c1. The first-order chi connectivity index (χ1) is 20.5. The van der Waals surface area contributed by atoms with E-state index in [-0.39, 0.29) is 35.6 Å². The van der Waals surface area contributed by atoms with Gasteiger partial charge >= 0.3 is 118 Å². The molecule has 0 aromatic heterocycles. The van der Waals surface area contributed by atoms with E-state index in [1.165, 1.54) is 57.3 Å². The molecule has 1 aliphatic rings. The molecule has 0 spiro atoms. The van der Waals surface area contributed by atoms with E-state index in [1.807, 2.05) is 30.3 Å². The Labute approximate surface area is 300 Å². The van der Waals surface area contributed by atoms with Gasteiger partial charge in [-0.15, -0.1) is 5.56 Å². The van der Waals surface area contributed by atoms with Gasteiger partial charge in [-0.05, 0) is 17.4 Å². The summed E-state index contributed by atoms with van der Waals surface area (Å²) in [7, 11) is 0. The van der Waals surface area contributed by atoms with E-state index in [1.54, 1.807) is 27.4 Å². The Bertz CT molecular complexity index is 1490. The third-order valence-electron chi connectivity index (χ3n) is 7.90. The first kappa shape index (κ1) is 38.7. The number of hydrogen-bond acceptors (Lipinski definition) is 0. The summed E-state index contributed by atoms with van der Waals surface area (Å²) in [6, 6.07) is 46.6. The van der Waals surface area contributed by atoms with Gasteiger partial charge in [0.25, 0.3) is 0 Å². The van der Waals surface area contributed by atoms with E-state index in [0.29, 0.717) is 0 Å². The average Bonchev–Trinajstić information content (AvgIpc) is 3.68. The van der Waals surface area contributed by atoms with Gasteiger partial charge in [0.1, 0.15) is 0 Å². The van der Waals surface area contributed by atoms with Gasteiger partial charge in [-0.1, -0.05) is 76.3 Å². The minimum absolute atomic E-state index is 0. The Morgan fingerprint density at radius 1 is 0.689 bits per heavy atom. The molecule has 6 rings (SSSR count). The van der Waals surface area contributed by atoms with Gasteiger partial charge in [0.05, 0.1) is 0 Å². The quantitative estimate of drug-likeness (QED) is 0.229. The second-order valence-corrected chi connectivity index (χ2v) is 15.3. The Morgan fingerprint density at radius 2 is 1.24 bits per heavy atom. The van der Waals surface area contributed by atoms with Gasteiger partial charge in [0.15, 0.2) is 0 Å². The van der Waals surface area contributed by atoms with Crippen molar-refractivity contribution in [2.24, 2.45) is 0 Å². The summed E-state index contributed by atoms with van der Waals surface area (Å²) in [5.74, 6) is 0. The van der Waals surface area contributed by atoms with Gasteiger partial charge in [0, 0.05) is 0 Å². The zero-order valence-electron chi connectivity index (χ0n) is 27.6. The summed E-state index contributed by atoms with van der Waals surface area (Å²) in [5, 5.41) is 0. The molecule has 0 saturated carbocycles. The first-order valence-electron chi connectivity index (χ1n) is 15.5. The Balaban J connectivity index is 0.000000265. The van der Waals surface area contributed by atoms with Crippen LogP contribution in [0.5, 0.6) is 0 Å². The fourth-order valence-corrected chi connectivity index (χ4v) is 5.99. The summed E-state index contributed by atoms with van der Waals surface area (Å²) in [5.41, 5.74) is 11.6. The molecule has 0 atom stereocenters. The summed E-state index contributed by atoms with van der Waals surface area (Å²) in [6.07, 6.45) is 4.57. The van der Waals surface area contributed by atoms with Crippen LogP contribution in [0.25, 0.3) is 11.1 Å². The van der Waals surface area contributed by atoms with Crippen LogP contribution in [0.1, 0.15) is 81.3 Å². The largest absolute Gasteiger partial charge is 0.214 e. The molecule has 234 valence electrons. The van der Waals surface area contributed by atoms with Crippen molar-refractivity contribution in [1.82, 2.24) is 0 Å². The Kier molecular flexibility index (Phi) is 15.5. The topological polar surface area (TPSA) is 0 Å². The molecule has 0 saturated heterocycles. The van der Waals surface area contributed by atoms with E-state index in [4.69, 9.17) is 0 Å². The monoisotopic (exact) mass is 710 g/mol. The minimum atomic E-state index is 0. The molecule has 0 unspecified atom stereocenters. The predicted octanol–water partition coefficient (Wildman–Crippen LogP) is 4.65. The second-order valence-electron chi connectivity index (χ2n) is 13.5. The van der Waals surface area contributed by atoms with Crippen LogP contribution in [0.2, 0.25) is 0 Å². The van der Waals surface area contributed by atoms with Crippen molar-refractivity contribution >= 4 is 3.21 Å². The number of hydrogen-bond donors (Lipinski definition) is 0. The Morgan fingerprint density at radius 3 is 1.78 bits per heavy atom. The van der Waals surface area contributed by atoms with E-state index in [0.717, 1.165) is 12.8 Å². The molecule has 0 radical (unpaired) electrons. The van der Waals surface area contributed by atoms with E-state index >= 15 is 0 Å². The van der Waals surface area contributed by atoms with Gasteiger partial charge < -0.3 is 24.8 Å². The molecule has 0 amide bonds. The molecule has 0 bridgehead atoms. The van der Waals surface area contributed by atoms with Crippen molar-refractivity contribution in [3.63, 3.8) is 0 Å². The predicted molar refractivity (Wildman–Crippen MR) is 183 cm³/mol. The fraction of sp³-hybridized carbons (Fsp3) is 0.286. The summed E-state index contributed by atoms with van der Waals surface area (Å²) in [4.78, 5) is 0. The molecule has 0 fully saturated rings. The maximum absolute atomic E-state index is 3.53. The molecule has 0 N–H and O–H groups in total. The van der Waals surface area contributed by atoms with Crippen molar-refractivity contribution in [2.75, 3.05) is 0 Å². The summed E-state index contributed by atoms with van der Waals surface area (Å²) >= 11 is 1.57. The average molecular weight is 713 g/mol. The summed E-state index contributed by atoms with van der Waals surface area (Å²) in [6.45, 7) is 13.6. The number of fused-ring (bicyclic) bond motifs is 3. The van der Waals surface area contributed by atoms with Crippen LogP contribution < -0.4 is 24.8 Å². The van der Waals surface area contributed by atoms with E-state index in [2.05, 4.69) is 139 Å². The molecule has 5 aromatic rings. The van der Waals surface area contributed by atoms with Gasteiger partial charge in [0.2, 0.25) is 0 Å². The number of halogens is 2. The molecule has 0 heterocycles. The zero-order chi connectivity index (χ0) is 30.9. The Hall–Kier alpha value is -2.44. The maximum atomic E-state index is 3.53. The van der Waals surface area contributed by atoms with Crippen LogP contribution in [0, 0.1) is 6.07 Å². The second kappa shape index (κ2) is 18.0. The van der Waals surface area contributed by atoms with E-state index in [9.17, 15) is 0 Å². The van der Waals surface area contributed by atoms with Crippen molar-refractivity contribution in [3.8, 4) is 11.1 Å². The standard InChI is InChI=1S/C21H25.C16H16.C5H5.2ClH.Zr/c1-20(2,3)16-9-7-14-11-15-8-10-17(21(4,5)6)13-19(15)18(14)12-16;1-3-9-15(10-4-1)13-7-8-14-16-11-5-2-6-12-16;1-2-4-5-3-1;;;/h7,9-10,12-13H,11H2,1-6H3;1-6,9-12H,7,13-14H2;1-5H;2*1H;/q-1;;-1;;;+2/p-2. The van der Waals surface area contributed by atoms with Crippen LogP contribution in [-0.2, 0) is 54.3 Å². The maximum Gasteiger partial charge on any atom is -0.172 e. The van der Waals surface area contributed by atoms with Crippen molar-refractivity contribution in [3.05, 3.63) is 161 Å². The van der Waals surface area contributed by atoms with Crippen LogP contribution >= 0.6 is 0 Å². The number of rotatable bonds is 5. The van der Waals surface area contributed by atoms with Crippen LogP contribution in [-0.4, -0.2) is 3.21 Å². The van der Waals surface area contributed by atoms with Crippen molar-refractivity contribution in [2.45, 2.75) is 78.1 Å². The van der Waals surface area contributed by atoms with Gasteiger partial charge in [-0.25, -0.2) is 12.1 Å². The summed E-state index contributed by atoms with van der Waals surface area (Å²) < 4.78 is 1.65. The third kappa shape index (κ3) is 12.0. The molecular formula is C42H46Cl2Zr-2. The number of aryl methyl sites for hydroxylation is 1. The van der Waals surface area contributed by atoms with Gasteiger partial charge in [-0.2, -0.15) is 47.5 Å². The molecule has 0 nitrogen and oxygen atoms in total. The van der Waals surface area contributed by atoms with Crippen LogP contribution in [0.15, 0.2) is 121 Å².